The molecule has 1 aliphatic heterocycles. The minimum Gasteiger partial charge on any atom is -0.361 e. The molecule has 0 aliphatic carbocycles. The van der Waals surface area contributed by atoms with Crippen molar-refractivity contribution in [3.8, 4) is 0 Å². The van der Waals surface area contributed by atoms with E-state index >= 15 is 0 Å². The average molecular weight is 302 g/mol. The molecule has 0 spiro atoms. The third-order valence-electron chi connectivity index (χ3n) is 3.96. The molecule has 0 unspecified atom stereocenters. The maximum Gasteiger partial charge on any atom is 0.151 e. The van der Waals surface area contributed by atoms with Crippen molar-refractivity contribution in [1.29, 1.82) is 0 Å². The van der Waals surface area contributed by atoms with E-state index in [1.165, 1.54) is 0 Å². The van der Waals surface area contributed by atoms with Gasteiger partial charge in [0.15, 0.2) is 11.6 Å². The Labute approximate surface area is 130 Å². The largest absolute Gasteiger partial charge is 0.361 e. The van der Waals surface area contributed by atoms with Crippen molar-refractivity contribution in [3.63, 3.8) is 0 Å². The summed E-state index contributed by atoms with van der Waals surface area (Å²) in [5.41, 5.74) is 0. The van der Waals surface area contributed by atoms with Gasteiger partial charge >= 0.3 is 0 Å². The molecule has 8 nitrogen and oxygen atoms in total. The van der Waals surface area contributed by atoms with E-state index in [0.29, 0.717) is 0 Å². The van der Waals surface area contributed by atoms with Gasteiger partial charge in [-0.25, -0.2) is 0 Å². The maximum absolute atomic E-state index is 4.33. The van der Waals surface area contributed by atoms with Crippen LogP contribution in [-0.4, -0.2) is 70.1 Å². The van der Waals surface area contributed by atoms with E-state index < -0.39 is 0 Å². The van der Waals surface area contributed by atoms with E-state index in [1.54, 1.807) is 6.33 Å². The molecule has 0 atom stereocenters. The van der Waals surface area contributed by atoms with Crippen LogP contribution in [-0.2, 0) is 13.6 Å². The molecule has 2 aromatic rings. The van der Waals surface area contributed by atoms with Crippen LogP contribution in [0.5, 0.6) is 0 Å². The first-order valence-corrected chi connectivity index (χ1v) is 7.45. The van der Waals surface area contributed by atoms with Gasteiger partial charge in [0, 0.05) is 47.3 Å². The molecule has 0 aromatic carbocycles. The zero-order valence-corrected chi connectivity index (χ0v) is 13.3. The second-order valence-corrected chi connectivity index (χ2v) is 5.77. The normalized spacial score (nSPS) is 16.0. The van der Waals surface area contributed by atoms with E-state index in [0.717, 1.165) is 50.2 Å². The molecule has 0 saturated carbocycles. The summed E-state index contributed by atoms with van der Waals surface area (Å²) in [7, 11) is 5.91. The van der Waals surface area contributed by atoms with Gasteiger partial charge in [-0.1, -0.05) is 0 Å². The first-order chi connectivity index (χ1) is 10.6. The van der Waals surface area contributed by atoms with E-state index in [1.807, 2.05) is 42.7 Å². The van der Waals surface area contributed by atoms with Crippen molar-refractivity contribution in [2.24, 2.45) is 7.05 Å². The standard InChI is InChI=1S/C14H22N8/c1-19(2)12-4-5-13(18-17-12)22-8-6-21(7-9-22)10-14-16-15-11-20(14)3/h4-5,11H,6-10H2,1-3H3. The van der Waals surface area contributed by atoms with Crippen LogP contribution in [0, 0.1) is 0 Å². The van der Waals surface area contributed by atoms with E-state index in [9.17, 15) is 0 Å². The van der Waals surface area contributed by atoms with Gasteiger partial charge in [-0.15, -0.1) is 20.4 Å². The zero-order chi connectivity index (χ0) is 15.5. The summed E-state index contributed by atoms with van der Waals surface area (Å²) in [5.74, 6) is 2.83. The van der Waals surface area contributed by atoms with Crippen molar-refractivity contribution in [2.45, 2.75) is 6.54 Å². The predicted octanol–water partition coefficient (Wildman–Crippen LogP) is -0.00670. The van der Waals surface area contributed by atoms with Gasteiger partial charge in [0.25, 0.3) is 0 Å². The number of piperazine rings is 1. The molecular formula is C14H22N8. The molecule has 118 valence electrons. The van der Waals surface area contributed by atoms with Gasteiger partial charge in [0.05, 0.1) is 6.54 Å². The summed E-state index contributed by atoms with van der Waals surface area (Å²) >= 11 is 0. The number of aryl methyl sites for hydroxylation is 1. The molecule has 8 heteroatoms. The fourth-order valence-corrected chi connectivity index (χ4v) is 2.51. The Balaban J connectivity index is 1.56. The molecular weight excluding hydrogens is 280 g/mol. The van der Waals surface area contributed by atoms with Gasteiger partial charge in [-0.2, -0.15) is 0 Å². The van der Waals surface area contributed by atoms with Gasteiger partial charge in [0.1, 0.15) is 12.2 Å². The average Bonchev–Trinajstić information content (AvgIpc) is 2.93. The quantitative estimate of drug-likeness (QED) is 0.787. The molecule has 0 radical (unpaired) electrons. The van der Waals surface area contributed by atoms with Crippen LogP contribution in [0.15, 0.2) is 18.5 Å². The zero-order valence-electron chi connectivity index (χ0n) is 13.3. The first-order valence-electron chi connectivity index (χ1n) is 7.45. The van der Waals surface area contributed by atoms with Crippen molar-refractivity contribution < 1.29 is 0 Å². The highest BCUT2D eigenvalue weighted by molar-refractivity contribution is 5.44. The van der Waals surface area contributed by atoms with Crippen LogP contribution in [0.2, 0.25) is 0 Å². The van der Waals surface area contributed by atoms with Crippen LogP contribution >= 0.6 is 0 Å². The second kappa shape index (κ2) is 6.27. The van der Waals surface area contributed by atoms with Crippen LogP contribution < -0.4 is 9.80 Å². The third-order valence-corrected chi connectivity index (χ3v) is 3.96. The summed E-state index contributed by atoms with van der Waals surface area (Å²) in [6.45, 7) is 4.73. The third kappa shape index (κ3) is 3.16. The highest BCUT2D eigenvalue weighted by Crippen LogP contribution is 2.16. The lowest BCUT2D eigenvalue weighted by Gasteiger charge is -2.34. The van der Waals surface area contributed by atoms with Crippen molar-refractivity contribution in [3.05, 3.63) is 24.3 Å². The number of nitrogens with zero attached hydrogens (tertiary/aromatic N) is 8. The molecule has 2 aromatic heterocycles. The van der Waals surface area contributed by atoms with E-state index in [2.05, 4.69) is 30.2 Å². The SMILES string of the molecule is CN(C)c1ccc(N2CCN(Cc3nncn3C)CC2)nn1. The first kappa shape index (κ1) is 14.7. The molecule has 0 bridgehead atoms. The lowest BCUT2D eigenvalue weighted by atomic mass is 10.3. The summed E-state index contributed by atoms with van der Waals surface area (Å²) in [6.07, 6.45) is 1.74. The summed E-state index contributed by atoms with van der Waals surface area (Å²) in [4.78, 5) is 6.62. The van der Waals surface area contributed by atoms with E-state index in [4.69, 9.17) is 0 Å². The number of aromatic nitrogens is 5. The van der Waals surface area contributed by atoms with Crippen LogP contribution in [0.3, 0.4) is 0 Å². The Morgan fingerprint density at radius 1 is 1.05 bits per heavy atom. The van der Waals surface area contributed by atoms with Gasteiger partial charge in [-0.05, 0) is 12.1 Å². The fraction of sp³-hybridized carbons (Fsp3) is 0.571. The monoisotopic (exact) mass is 302 g/mol. The molecule has 3 rings (SSSR count). The predicted molar refractivity (Wildman–Crippen MR) is 84.9 cm³/mol. The molecule has 1 saturated heterocycles. The molecule has 0 N–H and O–H groups in total. The Hall–Kier alpha value is -2.22. The molecule has 22 heavy (non-hydrogen) atoms. The molecule has 3 heterocycles. The van der Waals surface area contributed by atoms with Crippen molar-refractivity contribution in [1.82, 2.24) is 29.9 Å². The molecule has 1 fully saturated rings. The maximum atomic E-state index is 4.33. The highest BCUT2D eigenvalue weighted by atomic mass is 15.3. The number of rotatable bonds is 4. The molecule has 0 amide bonds. The lowest BCUT2D eigenvalue weighted by Crippen LogP contribution is -2.46. The van der Waals surface area contributed by atoms with Crippen LogP contribution in [0.1, 0.15) is 5.82 Å². The summed E-state index contributed by atoms with van der Waals surface area (Å²) < 4.78 is 1.97. The smallest absolute Gasteiger partial charge is 0.151 e. The summed E-state index contributed by atoms with van der Waals surface area (Å²) in [5, 5.41) is 16.6. The highest BCUT2D eigenvalue weighted by Gasteiger charge is 2.19. The van der Waals surface area contributed by atoms with Crippen molar-refractivity contribution >= 4 is 11.6 Å². The minimum atomic E-state index is 0.843. The topological polar surface area (TPSA) is 66.2 Å². The Kier molecular flexibility index (Phi) is 4.19. The number of hydrogen-bond donors (Lipinski definition) is 0. The van der Waals surface area contributed by atoms with Crippen LogP contribution in [0.25, 0.3) is 0 Å². The number of anilines is 2. The molecule has 1 aliphatic rings. The second-order valence-electron chi connectivity index (χ2n) is 5.77. The van der Waals surface area contributed by atoms with Gasteiger partial charge in [-0.3, -0.25) is 4.90 Å². The Morgan fingerprint density at radius 3 is 2.36 bits per heavy atom. The van der Waals surface area contributed by atoms with Gasteiger partial charge in [0.2, 0.25) is 0 Å². The van der Waals surface area contributed by atoms with Crippen LogP contribution in [0.4, 0.5) is 11.6 Å². The van der Waals surface area contributed by atoms with Gasteiger partial charge < -0.3 is 14.4 Å². The fourth-order valence-electron chi connectivity index (χ4n) is 2.51. The minimum absolute atomic E-state index is 0.843. The lowest BCUT2D eigenvalue weighted by molar-refractivity contribution is 0.241. The van der Waals surface area contributed by atoms with E-state index in [-0.39, 0.29) is 0 Å². The Morgan fingerprint density at radius 2 is 1.82 bits per heavy atom. The van der Waals surface area contributed by atoms with Crippen molar-refractivity contribution in [2.75, 3.05) is 50.1 Å². The summed E-state index contributed by atoms with van der Waals surface area (Å²) in [6, 6.07) is 4.05. The Bertz CT molecular complexity index is 598. The number of hydrogen-bond acceptors (Lipinski definition) is 7.